The number of benzene rings is 2. The third kappa shape index (κ3) is 5.99. The third-order valence-corrected chi connectivity index (χ3v) is 5.91. The summed E-state index contributed by atoms with van der Waals surface area (Å²) in [6.07, 6.45) is 0. The average Bonchev–Trinajstić information content (AvgIpc) is 2.88. The van der Waals surface area contributed by atoms with Crippen molar-refractivity contribution in [3.05, 3.63) is 90.5 Å². The third-order valence-electron chi connectivity index (χ3n) is 5.35. The van der Waals surface area contributed by atoms with E-state index in [4.69, 9.17) is 37.4 Å². The van der Waals surface area contributed by atoms with Crippen molar-refractivity contribution in [1.82, 2.24) is 25.0 Å². The van der Waals surface area contributed by atoms with E-state index in [1.807, 2.05) is 44.2 Å². The van der Waals surface area contributed by atoms with E-state index in [2.05, 4.69) is 20.4 Å². The zero-order chi connectivity index (χ0) is 26.5. The second kappa shape index (κ2) is 11.5. The van der Waals surface area contributed by atoms with Gasteiger partial charge in [-0.15, -0.1) is 10.2 Å². The van der Waals surface area contributed by atoms with Crippen molar-refractivity contribution in [3.63, 3.8) is 0 Å². The summed E-state index contributed by atoms with van der Waals surface area (Å²) >= 11 is 12.9. The SMILES string of the molecule is COc1nnc(Oc2c(Cl)cc(-c3n[nH]c(=O)n(COCc4ccccc4)c3=O)cc2Cl)cc1C(C)C. The molecule has 2 heterocycles. The highest BCUT2D eigenvalue weighted by Crippen LogP contribution is 2.39. The van der Waals surface area contributed by atoms with Crippen molar-refractivity contribution in [3.8, 4) is 28.8 Å². The molecule has 0 unspecified atom stereocenters. The summed E-state index contributed by atoms with van der Waals surface area (Å²) in [5, 5.41) is 14.4. The number of aromatic nitrogens is 5. The fraction of sp³-hybridized carbons (Fsp3) is 0.240. The molecule has 0 atom stereocenters. The maximum Gasteiger partial charge on any atom is 0.346 e. The van der Waals surface area contributed by atoms with E-state index in [0.29, 0.717) is 5.88 Å². The van der Waals surface area contributed by atoms with E-state index in [0.717, 1.165) is 15.7 Å². The fourth-order valence-corrected chi connectivity index (χ4v) is 4.03. The lowest BCUT2D eigenvalue weighted by molar-refractivity contribution is 0.0586. The number of aromatic amines is 1. The average molecular weight is 544 g/mol. The van der Waals surface area contributed by atoms with Gasteiger partial charge in [-0.25, -0.2) is 14.5 Å². The Bertz CT molecular complexity index is 1500. The monoisotopic (exact) mass is 543 g/mol. The highest BCUT2D eigenvalue weighted by Gasteiger charge is 2.19. The Morgan fingerprint density at radius 3 is 2.38 bits per heavy atom. The predicted molar refractivity (Wildman–Crippen MR) is 139 cm³/mol. The number of methoxy groups -OCH3 is 1. The molecule has 10 nitrogen and oxygen atoms in total. The smallest absolute Gasteiger partial charge is 0.346 e. The van der Waals surface area contributed by atoms with Gasteiger partial charge in [-0.1, -0.05) is 67.4 Å². The number of halogens is 2. The lowest BCUT2D eigenvalue weighted by atomic mass is 10.1. The molecular weight excluding hydrogens is 521 g/mol. The molecule has 2 aromatic heterocycles. The standard InChI is InChI=1S/C25H23Cl2N5O5/c1-14(2)17-11-20(28-30-23(17)35-3)37-22-18(26)9-16(10-19(22)27)21-24(33)32(25(34)31-29-21)13-36-12-15-7-5-4-6-8-15/h4-11,14H,12-13H2,1-3H3,(H,31,34). The molecule has 0 spiro atoms. The van der Waals surface area contributed by atoms with E-state index in [9.17, 15) is 9.59 Å². The first-order chi connectivity index (χ1) is 17.8. The van der Waals surface area contributed by atoms with Gasteiger partial charge in [-0.3, -0.25) is 4.79 Å². The Balaban J connectivity index is 1.60. The first-order valence-corrected chi connectivity index (χ1v) is 11.9. The summed E-state index contributed by atoms with van der Waals surface area (Å²) in [6.45, 7) is 3.92. The molecule has 0 aliphatic carbocycles. The summed E-state index contributed by atoms with van der Waals surface area (Å²) in [7, 11) is 1.51. The number of rotatable bonds is 9. The van der Waals surface area contributed by atoms with Gasteiger partial charge >= 0.3 is 5.69 Å². The van der Waals surface area contributed by atoms with Crippen LogP contribution in [0, 0.1) is 0 Å². The number of ether oxygens (including phenoxy) is 3. The summed E-state index contributed by atoms with van der Waals surface area (Å²) < 4.78 is 17.5. The minimum absolute atomic E-state index is 0.0652. The van der Waals surface area contributed by atoms with Gasteiger partial charge in [-0.05, 0) is 23.6 Å². The van der Waals surface area contributed by atoms with Gasteiger partial charge in [0.1, 0.15) is 6.73 Å². The first-order valence-electron chi connectivity index (χ1n) is 11.2. The van der Waals surface area contributed by atoms with E-state index in [1.54, 1.807) is 6.07 Å². The van der Waals surface area contributed by atoms with E-state index in [1.165, 1.54) is 19.2 Å². The van der Waals surface area contributed by atoms with Gasteiger partial charge < -0.3 is 14.2 Å². The van der Waals surface area contributed by atoms with Crippen LogP contribution in [-0.2, 0) is 18.1 Å². The highest BCUT2D eigenvalue weighted by molar-refractivity contribution is 6.37. The van der Waals surface area contributed by atoms with Crippen LogP contribution in [0.15, 0.2) is 58.1 Å². The Labute approximate surface area is 221 Å². The Morgan fingerprint density at radius 1 is 1.03 bits per heavy atom. The van der Waals surface area contributed by atoms with Crippen molar-refractivity contribution in [2.75, 3.05) is 7.11 Å². The maximum absolute atomic E-state index is 13.0. The number of nitrogens with zero attached hydrogens (tertiary/aromatic N) is 4. The quantitative estimate of drug-likeness (QED) is 0.319. The molecular formula is C25H23Cl2N5O5. The minimum Gasteiger partial charge on any atom is -0.480 e. The molecule has 2 aromatic carbocycles. The molecule has 0 aliphatic rings. The number of nitrogens with one attached hydrogen (secondary N) is 1. The molecule has 12 heteroatoms. The van der Waals surface area contributed by atoms with Gasteiger partial charge in [0.15, 0.2) is 11.4 Å². The van der Waals surface area contributed by atoms with E-state index < -0.39 is 11.2 Å². The van der Waals surface area contributed by atoms with Crippen LogP contribution >= 0.6 is 23.2 Å². The topological polar surface area (TPSA) is 121 Å². The summed E-state index contributed by atoms with van der Waals surface area (Å²) in [5.74, 6) is 0.785. The van der Waals surface area contributed by atoms with Crippen LogP contribution in [0.1, 0.15) is 30.9 Å². The molecule has 4 rings (SSSR count). The lowest BCUT2D eigenvalue weighted by Gasteiger charge is -2.14. The largest absolute Gasteiger partial charge is 0.480 e. The number of hydrogen-bond donors (Lipinski definition) is 1. The first kappa shape index (κ1) is 26.3. The fourth-order valence-electron chi connectivity index (χ4n) is 3.46. The van der Waals surface area contributed by atoms with Crippen LogP contribution in [-0.4, -0.2) is 32.1 Å². The van der Waals surface area contributed by atoms with Crippen molar-refractivity contribution < 1.29 is 14.2 Å². The molecule has 37 heavy (non-hydrogen) atoms. The van der Waals surface area contributed by atoms with Crippen LogP contribution in [0.25, 0.3) is 11.3 Å². The minimum atomic E-state index is -0.710. The lowest BCUT2D eigenvalue weighted by Crippen LogP contribution is -2.37. The van der Waals surface area contributed by atoms with Crippen molar-refractivity contribution in [2.24, 2.45) is 0 Å². The molecule has 0 radical (unpaired) electrons. The zero-order valence-corrected chi connectivity index (χ0v) is 21.7. The predicted octanol–water partition coefficient (Wildman–Crippen LogP) is 4.79. The molecule has 0 saturated carbocycles. The second-order valence-electron chi connectivity index (χ2n) is 8.25. The normalized spacial score (nSPS) is 11.1. The van der Waals surface area contributed by atoms with Crippen molar-refractivity contribution in [2.45, 2.75) is 33.1 Å². The van der Waals surface area contributed by atoms with Crippen LogP contribution in [0.4, 0.5) is 0 Å². The summed E-state index contributed by atoms with van der Waals surface area (Å²) in [5.41, 5.74) is 0.535. The van der Waals surface area contributed by atoms with Gasteiger partial charge in [0.2, 0.25) is 11.8 Å². The Morgan fingerprint density at radius 2 is 1.73 bits per heavy atom. The van der Waals surface area contributed by atoms with Crippen molar-refractivity contribution in [1.29, 1.82) is 0 Å². The van der Waals surface area contributed by atoms with Crippen LogP contribution in [0.5, 0.6) is 17.5 Å². The van der Waals surface area contributed by atoms with E-state index in [-0.39, 0.29) is 52.2 Å². The molecule has 0 saturated heterocycles. The van der Waals surface area contributed by atoms with Crippen LogP contribution in [0.3, 0.4) is 0 Å². The van der Waals surface area contributed by atoms with Gasteiger partial charge in [0, 0.05) is 17.2 Å². The number of hydrogen-bond acceptors (Lipinski definition) is 8. The molecule has 0 fully saturated rings. The molecule has 0 bridgehead atoms. The van der Waals surface area contributed by atoms with Crippen LogP contribution in [0.2, 0.25) is 10.0 Å². The highest BCUT2D eigenvalue weighted by atomic mass is 35.5. The van der Waals surface area contributed by atoms with Crippen LogP contribution < -0.4 is 20.7 Å². The summed E-state index contributed by atoms with van der Waals surface area (Å²) in [6, 6.07) is 14.0. The second-order valence-corrected chi connectivity index (χ2v) is 9.06. The van der Waals surface area contributed by atoms with Gasteiger partial charge in [-0.2, -0.15) is 5.10 Å². The Hall–Kier alpha value is -3.73. The molecule has 1 N–H and O–H groups in total. The summed E-state index contributed by atoms with van der Waals surface area (Å²) in [4.78, 5) is 25.3. The Kier molecular flexibility index (Phi) is 8.22. The molecule has 4 aromatic rings. The molecule has 0 aliphatic heterocycles. The molecule has 0 amide bonds. The number of H-pyrrole nitrogens is 1. The van der Waals surface area contributed by atoms with Gasteiger partial charge in [0.25, 0.3) is 5.56 Å². The maximum atomic E-state index is 13.0. The van der Waals surface area contributed by atoms with Gasteiger partial charge in [0.05, 0.1) is 23.8 Å². The van der Waals surface area contributed by atoms with E-state index >= 15 is 0 Å². The van der Waals surface area contributed by atoms with Crippen molar-refractivity contribution >= 4 is 23.2 Å². The molecule has 192 valence electrons. The zero-order valence-electron chi connectivity index (χ0n) is 20.2.